The minimum absolute atomic E-state index is 0.103. The van der Waals surface area contributed by atoms with Crippen molar-refractivity contribution in [2.24, 2.45) is 11.7 Å². The third-order valence-electron chi connectivity index (χ3n) is 3.19. The molecule has 1 saturated heterocycles. The number of hydrogen-bond donors (Lipinski definition) is 1. The normalized spacial score (nSPS) is 27.3. The topological polar surface area (TPSA) is 83.4 Å². The maximum atomic E-state index is 6.12. The Morgan fingerprint density at radius 3 is 2.94 bits per heavy atom. The van der Waals surface area contributed by atoms with Crippen molar-refractivity contribution in [3.63, 3.8) is 0 Å². The van der Waals surface area contributed by atoms with Gasteiger partial charge in [-0.3, -0.25) is 0 Å². The zero-order valence-electron chi connectivity index (χ0n) is 11.2. The van der Waals surface area contributed by atoms with E-state index < -0.39 is 5.54 Å². The van der Waals surface area contributed by atoms with E-state index in [-0.39, 0.29) is 6.10 Å². The fourth-order valence-electron chi connectivity index (χ4n) is 1.97. The van der Waals surface area contributed by atoms with E-state index in [0.29, 0.717) is 30.8 Å². The predicted molar refractivity (Wildman–Crippen MR) is 64.8 cm³/mol. The van der Waals surface area contributed by atoms with Crippen molar-refractivity contribution in [3.05, 3.63) is 11.7 Å². The maximum Gasteiger partial charge on any atom is 0.256 e. The summed E-state index contributed by atoms with van der Waals surface area (Å²) in [5.74, 6) is 1.38. The summed E-state index contributed by atoms with van der Waals surface area (Å²) in [5, 5.41) is 3.95. The van der Waals surface area contributed by atoms with Gasteiger partial charge in [0.25, 0.3) is 5.89 Å². The summed E-state index contributed by atoms with van der Waals surface area (Å²) in [7, 11) is 0. The van der Waals surface area contributed by atoms with Crippen LogP contribution in [-0.4, -0.2) is 30.0 Å². The molecule has 18 heavy (non-hydrogen) atoms. The highest BCUT2D eigenvalue weighted by Gasteiger charge is 2.34. The van der Waals surface area contributed by atoms with Crippen LogP contribution in [0.5, 0.6) is 0 Å². The number of rotatable bonds is 5. The molecule has 1 aromatic rings. The zero-order valence-corrected chi connectivity index (χ0v) is 11.2. The molecule has 2 rings (SSSR count). The Balaban J connectivity index is 2.09. The molecule has 1 fully saturated rings. The van der Waals surface area contributed by atoms with E-state index in [2.05, 4.69) is 17.1 Å². The Morgan fingerprint density at radius 1 is 1.56 bits per heavy atom. The van der Waals surface area contributed by atoms with E-state index in [1.54, 1.807) is 0 Å². The smallest absolute Gasteiger partial charge is 0.256 e. The Hall–Kier alpha value is -0.980. The molecule has 1 aliphatic rings. The van der Waals surface area contributed by atoms with Crippen LogP contribution in [0.3, 0.4) is 0 Å². The van der Waals surface area contributed by atoms with Crippen LogP contribution in [0.25, 0.3) is 0 Å². The van der Waals surface area contributed by atoms with Gasteiger partial charge in [-0.15, -0.1) is 0 Å². The van der Waals surface area contributed by atoms with Crippen molar-refractivity contribution in [1.29, 1.82) is 0 Å². The summed E-state index contributed by atoms with van der Waals surface area (Å²) in [5.41, 5.74) is 5.38. The fraction of sp³-hybridized carbons (Fsp3) is 0.833. The molecule has 2 heterocycles. The number of hydrogen-bond acceptors (Lipinski definition) is 6. The summed E-state index contributed by atoms with van der Waals surface area (Å²) in [4.78, 5) is 4.36. The second-order valence-corrected chi connectivity index (χ2v) is 5.07. The van der Waals surface area contributed by atoms with E-state index in [1.165, 1.54) is 0 Å². The highest BCUT2D eigenvalue weighted by Crippen LogP contribution is 2.33. The second kappa shape index (κ2) is 5.34. The van der Waals surface area contributed by atoms with E-state index in [0.717, 1.165) is 13.0 Å². The average Bonchev–Trinajstić information content (AvgIpc) is 2.94. The van der Waals surface area contributed by atoms with Crippen molar-refractivity contribution in [2.45, 2.75) is 38.8 Å². The van der Waals surface area contributed by atoms with Crippen molar-refractivity contribution in [2.75, 3.05) is 19.8 Å². The van der Waals surface area contributed by atoms with Crippen LogP contribution in [0.4, 0.5) is 0 Å². The molecule has 0 aromatic carbocycles. The minimum atomic E-state index is -0.737. The van der Waals surface area contributed by atoms with Gasteiger partial charge in [0.15, 0.2) is 5.82 Å². The quantitative estimate of drug-likeness (QED) is 0.855. The van der Waals surface area contributed by atoms with Crippen LogP contribution in [0.15, 0.2) is 4.52 Å². The maximum absolute atomic E-state index is 6.12. The summed E-state index contributed by atoms with van der Waals surface area (Å²) in [6, 6.07) is 0. The molecular formula is C12H21N3O3. The first kappa shape index (κ1) is 13.5. The largest absolute Gasteiger partial charge is 0.379 e. The average molecular weight is 255 g/mol. The van der Waals surface area contributed by atoms with Gasteiger partial charge in [-0.2, -0.15) is 4.98 Å². The lowest BCUT2D eigenvalue weighted by Gasteiger charge is -2.19. The van der Waals surface area contributed by atoms with Gasteiger partial charge >= 0.3 is 0 Å². The third-order valence-corrected chi connectivity index (χ3v) is 3.19. The third kappa shape index (κ3) is 2.71. The summed E-state index contributed by atoms with van der Waals surface area (Å²) in [6.45, 7) is 7.58. The molecule has 6 nitrogen and oxygen atoms in total. The summed E-state index contributed by atoms with van der Waals surface area (Å²) < 4.78 is 16.2. The number of ether oxygens (including phenoxy) is 2. The molecule has 1 aromatic heterocycles. The molecule has 0 spiro atoms. The first-order valence-electron chi connectivity index (χ1n) is 6.37. The van der Waals surface area contributed by atoms with Crippen molar-refractivity contribution in [3.8, 4) is 0 Å². The molecule has 0 amide bonds. The lowest BCUT2D eigenvalue weighted by Crippen LogP contribution is -2.39. The number of nitrogens with zero attached hydrogens (tertiary/aromatic N) is 2. The van der Waals surface area contributed by atoms with Crippen LogP contribution in [0, 0.1) is 5.92 Å². The molecule has 0 saturated carbocycles. The lowest BCUT2D eigenvalue weighted by molar-refractivity contribution is 0.0661. The van der Waals surface area contributed by atoms with Crippen LogP contribution in [-0.2, 0) is 15.0 Å². The fourth-order valence-corrected chi connectivity index (χ4v) is 1.97. The van der Waals surface area contributed by atoms with Crippen LogP contribution in [0.1, 0.15) is 45.0 Å². The van der Waals surface area contributed by atoms with E-state index in [9.17, 15) is 0 Å². The van der Waals surface area contributed by atoms with Gasteiger partial charge < -0.3 is 19.7 Å². The molecule has 3 unspecified atom stereocenters. The zero-order chi connectivity index (χ0) is 13.2. The van der Waals surface area contributed by atoms with Crippen LogP contribution in [0.2, 0.25) is 0 Å². The molecule has 6 heteroatoms. The monoisotopic (exact) mass is 255 g/mol. The van der Waals surface area contributed by atoms with Gasteiger partial charge in [0, 0.05) is 13.2 Å². The van der Waals surface area contributed by atoms with Crippen LogP contribution >= 0.6 is 0 Å². The van der Waals surface area contributed by atoms with E-state index in [1.807, 2.05) is 13.8 Å². The highest BCUT2D eigenvalue weighted by molar-refractivity contribution is 5.04. The molecular weight excluding hydrogens is 234 g/mol. The Kier molecular flexibility index (Phi) is 3.99. The number of nitrogens with two attached hydrogens (primary N) is 1. The first-order chi connectivity index (χ1) is 8.54. The Bertz CT molecular complexity index is 392. The van der Waals surface area contributed by atoms with Crippen molar-refractivity contribution in [1.82, 2.24) is 10.1 Å². The van der Waals surface area contributed by atoms with E-state index in [4.69, 9.17) is 19.7 Å². The summed E-state index contributed by atoms with van der Waals surface area (Å²) >= 11 is 0. The summed E-state index contributed by atoms with van der Waals surface area (Å²) in [6.07, 6.45) is 0.912. The SMILES string of the molecule is CCOCC(C)(N)c1noc(C2OCCC2C)n1. The van der Waals surface area contributed by atoms with Crippen molar-refractivity contribution < 1.29 is 14.0 Å². The highest BCUT2D eigenvalue weighted by atomic mass is 16.5. The second-order valence-electron chi connectivity index (χ2n) is 5.07. The van der Waals surface area contributed by atoms with Gasteiger partial charge in [-0.05, 0) is 26.2 Å². The van der Waals surface area contributed by atoms with Crippen molar-refractivity contribution >= 4 is 0 Å². The molecule has 102 valence electrons. The minimum Gasteiger partial charge on any atom is -0.379 e. The molecule has 3 atom stereocenters. The standard InChI is InChI=1S/C12H21N3O3/c1-4-16-7-12(3,13)11-14-10(18-15-11)9-8(2)5-6-17-9/h8-9H,4-7,13H2,1-3H3. The van der Waals surface area contributed by atoms with Gasteiger partial charge in [-0.25, -0.2) is 0 Å². The van der Waals surface area contributed by atoms with Gasteiger partial charge in [0.1, 0.15) is 11.6 Å². The van der Waals surface area contributed by atoms with Crippen LogP contribution < -0.4 is 5.73 Å². The Morgan fingerprint density at radius 2 is 2.33 bits per heavy atom. The molecule has 2 N–H and O–H groups in total. The Labute approximate surface area is 107 Å². The lowest BCUT2D eigenvalue weighted by atomic mass is 10.0. The first-order valence-corrected chi connectivity index (χ1v) is 6.37. The molecule has 0 radical (unpaired) electrons. The number of aromatic nitrogens is 2. The van der Waals surface area contributed by atoms with E-state index >= 15 is 0 Å². The van der Waals surface area contributed by atoms with Gasteiger partial charge in [0.05, 0.1) is 6.61 Å². The molecule has 0 aliphatic carbocycles. The van der Waals surface area contributed by atoms with Gasteiger partial charge in [-0.1, -0.05) is 12.1 Å². The van der Waals surface area contributed by atoms with Gasteiger partial charge in [0.2, 0.25) is 0 Å². The predicted octanol–water partition coefficient (Wildman–Crippen LogP) is 1.38. The molecule has 1 aliphatic heterocycles. The molecule has 0 bridgehead atoms.